The van der Waals surface area contributed by atoms with Gasteiger partial charge in [0.15, 0.2) is 0 Å². The summed E-state index contributed by atoms with van der Waals surface area (Å²) in [7, 11) is 2.95. The molecule has 4 rings (SSSR count). The van der Waals surface area contributed by atoms with E-state index in [0.29, 0.717) is 27.7 Å². The van der Waals surface area contributed by atoms with Crippen LogP contribution in [0.5, 0.6) is 11.5 Å². The van der Waals surface area contributed by atoms with Gasteiger partial charge in [-0.3, -0.25) is 9.59 Å². The van der Waals surface area contributed by atoms with Gasteiger partial charge in [-0.15, -0.1) is 0 Å². The predicted octanol–water partition coefficient (Wildman–Crippen LogP) is 3.50. The molecule has 0 aliphatic rings. The van der Waals surface area contributed by atoms with Gasteiger partial charge in [0.25, 0.3) is 5.56 Å². The van der Waals surface area contributed by atoms with Gasteiger partial charge in [-0.1, -0.05) is 23.2 Å². The number of ether oxygens (including phenoxy) is 2. The van der Waals surface area contributed by atoms with E-state index in [2.05, 4.69) is 15.4 Å². The maximum absolute atomic E-state index is 12.9. The molecule has 0 aliphatic heterocycles. The molecule has 0 radical (unpaired) electrons. The van der Waals surface area contributed by atoms with E-state index in [1.807, 2.05) is 25.1 Å². The highest BCUT2D eigenvalue weighted by Crippen LogP contribution is 2.35. The predicted molar refractivity (Wildman–Crippen MR) is 116 cm³/mol. The molecule has 0 unspecified atom stereocenters. The van der Waals surface area contributed by atoms with E-state index in [-0.39, 0.29) is 12.1 Å². The Morgan fingerprint density at radius 1 is 1.17 bits per heavy atom. The second kappa shape index (κ2) is 7.72. The Bertz CT molecular complexity index is 1340. The van der Waals surface area contributed by atoms with E-state index < -0.39 is 5.91 Å². The molecule has 0 saturated heterocycles. The van der Waals surface area contributed by atoms with Crippen LogP contribution in [0, 0.1) is 6.92 Å². The third kappa shape index (κ3) is 3.46. The molecular formula is C21H19ClN4O4. The smallest absolute Gasteiger partial charge is 0.291 e. The number of methoxy groups -OCH3 is 2. The number of nitrogens with zero attached hydrogens (tertiary/aromatic N) is 2. The highest BCUT2D eigenvalue weighted by molar-refractivity contribution is 6.32. The van der Waals surface area contributed by atoms with Crippen molar-refractivity contribution in [3.8, 4) is 11.5 Å². The van der Waals surface area contributed by atoms with Crippen LogP contribution < -0.4 is 20.3 Å². The quantitative estimate of drug-likeness (QED) is 0.509. The summed E-state index contributed by atoms with van der Waals surface area (Å²) in [5.74, 6) is 0.352. The van der Waals surface area contributed by atoms with Crippen LogP contribution in [0.2, 0.25) is 5.02 Å². The number of carbonyl (C=O) groups is 1. The SMILES string of the molecule is COc1cc(OC)c(NC(=O)Cn2ncc3c([nH]c4ccc(C)cc43)c2=O)cc1Cl. The largest absolute Gasteiger partial charge is 0.495 e. The molecule has 154 valence electrons. The Kier molecular flexibility index (Phi) is 5.09. The molecule has 2 aromatic heterocycles. The van der Waals surface area contributed by atoms with Gasteiger partial charge in [-0.2, -0.15) is 5.10 Å². The van der Waals surface area contributed by atoms with E-state index >= 15 is 0 Å². The number of carbonyl (C=O) groups excluding carboxylic acids is 1. The molecule has 2 aromatic carbocycles. The zero-order valence-electron chi connectivity index (χ0n) is 16.6. The maximum Gasteiger partial charge on any atom is 0.291 e. The summed E-state index contributed by atoms with van der Waals surface area (Å²) in [4.78, 5) is 28.5. The van der Waals surface area contributed by atoms with Crippen LogP contribution in [0.4, 0.5) is 5.69 Å². The van der Waals surface area contributed by atoms with Crippen LogP contribution in [-0.4, -0.2) is 34.9 Å². The van der Waals surface area contributed by atoms with Crippen LogP contribution in [-0.2, 0) is 11.3 Å². The van der Waals surface area contributed by atoms with Crippen LogP contribution in [0.15, 0.2) is 41.3 Å². The lowest BCUT2D eigenvalue weighted by molar-refractivity contribution is -0.117. The lowest BCUT2D eigenvalue weighted by atomic mass is 10.1. The summed E-state index contributed by atoms with van der Waals surface area (Å²) in [5.41, 5.74) is 2.32. The van der Waals surface area contributed by atoms with Crippen LogP contribution >= 0.6 is 11.6 Å². The van der Waals surface area contributed by atoms with Gasteiger partial charge in [-0.25, -0.2) is 4.68 Å². The Morgan fingerprint density at radius 2 is 1.93 bits per heavy atom. The summed E-state index contributed by atoms with van der Waals surface area (Å²) in [6.45, 7) is 1.72. The number of halogens is 1. The number of hydrogen-bond donors (Lipinski definition) is 2. The normalized spacial score (nSPS) is 11.1. The number of aromatic amines is 1. The lowest BCUT2D eigenvalue weighted by Gasteiger charge is -2.13. The number of rotatable bonds is 5. The fourth-order valence-electron chi connectivity index (χ4n) is 3.33. The summed E-state index contributed by atoms with van der Waals surface area (Å²) in [5, 5.41) is 8.83. The van der Waals surface area contributed by atoms with Crippen LogP contribution in [0.1, 0.15) is 5.56 Å². The number of benzene rings is 2. The molecule has 4 aromatic rings. The first-order chi connectivity index (χ1) is 14.4. The van der Waals surface area contributed by atoms with Gasteiger partial charge in [0.05, 0.1) is 31.1 Å². The molecule has 2 heterocycles. The average Bonchev–Trinajstić information content (AvgIpc) is 3.09. The summed E-state index contributed by atoms with van der Waals surface area (Å²) >= 11 is 6.14. The maximum atomic E-state index is 12.9. The summed E-state index contributed by atoms with van der Waals surface area (Å²) in [6, 6.07) is 8.97. The topological polar surface area (TPSA) is 98.2 Å². The minimum absolute atomic E-state index is 0.268. The zero-order valence-corrected chi connectivity index (χ0v) is 17.3. The van der Waals surface area contributed by atoms with E-state index in [9.17, 15) is 9.59 Å². The second-order valence-electron chi connectivity index (χ2n) is 6.81. The van der Waals surface area contributed by atoms with E-state index in [0.717, 1.165) is 26.5 Å². The first kappa shape index (κ1) is 19.8. The fraction of sp³-hybridized carbons (Fsp3) is 0.190. The molecule has 0 bridgehead atoms. The van der Waals surface area contributed by atoms with Crippen molar-refractivity contribution in [2.45, 2.75) is 13.5 Å². The molecule has 0 atom stereocenters. The van der Waals surface area contributed by atoms with Gasteiger partial charge in [0.1, 0.15) is 23.6 Å². The summed E-state index contributed by atoms with van der Waals surface area (Å²) < 4.78 is 11.5. The molecule has 30 heavy (non-hydrogen) atoms. The average molecular weight is 427 g/mol. The van der Waals surface area contributed by atoms with Gasteiger partial charge in [-0.05, 0) is 25.1 Å². The van der Waals surface area contributed by atoms with Crippen molar-refractivity contribution in [1.29, 1.82) is 0 Å². The van der Waals surface area contributed by atoms with Crippen molar-refractivity contribution in [3.05, 3.63) is 57.5 Å². The first-order valence-electron chi connectivity index (χ1n) is 9.10. The van der Waals surface area contributed by atoms with Crippen LogP contribution in [0.25, 0.3) is 21.8 Å². The van der Waals surface area contributed by atoms with Crippen molar-refractivity contribution in [2.24, 2.45) is 0 Å². The zero-order chi connectivity index (χ0) is 21.4. The number of aryl methyl sites for hydroxylation is 1. The number of H-pyrrole nitrogens is 1. The van der Waals surface area contributed by atoms with E-state index in [1.54, 1.807) is 12.3 Å². The number of fused-ring (bicyclic) bond motifs is 3. The Hall–Kier alpha value is -3.52. The number of aromatic nitrogens is 3. The number of amides is 1. The first-order valence-corrected chi connectivity index (χ1v) is 9.48. The molecule has 1 amide bonds. The molecule has 0 spiro atoms. The summed E-state index contributed by atoms with van der Waals surface area (Å²) in [6.07, 6.45) is 1.59. The Morgan fingerprint density at radius 3 is 2.67 bits per heavy atom. The molecule has 8 nitrogen and oxygen atoms in total. The molecular weight excluding hydrogens is 408 g/mol. The van der Waals surface area contributed by atoms with Crippen molar-refractivity contribution >= 4 is 45.0 Å². The number of nitrogens with one attached hydrogen (secondary N) is 2. The molecule has 0 fully saturated rings. The van der Waals surface area contributed by atoms with Crippen molar-refractivity contribution in [3.63, 3.8) is 0 Å². The third-order valence-electron chi connectivity index (χ3n) is 4.81. The molecule has 2 N–H and O–H groups in total. The fourth-order valence-corrected chi connectivity index (χ4v) is 3.58. The standard InChI is InChI=1S/C21H19ClN4O4/c1-11-4-5-15-12(6-11)13-9-23-26(21(28)20(13)25-15)10-19(27)24-16-7-14(22)17(29-2)8-18(16)30-3/h4-9,25H,10H2,1-3H3,(H,24,27). The molecule has 0 saturated carbocycles. The molecule has 0 aliphatic carbocycles. The van der Waals surface area contributed by atoms with Crippen molar-refractivity contribution in [2.75, 3.05) is 19.5 Å². The van der Waals surface area contributed by atoms with Crippen LogP contribution in [0.3, 0.4) is 0 Å². The van der Waals surface area contributed by atoms with Gasteiger partial charge < -0.3 is 19.8 Å². The van der Waals surface area contributed by atoms with Gasteiger partial charge in [0, 0.05) is 22.4 Å². The van der Waals surface area contributed by atoms with Crippen molar-refractivity contribution < 1.29 is 14.3 Å². The second-order valence-corrected chi connectivity index (χ2v) is 7.21. The van der Waals surface area contributed by atoms with Gasteiger partial charge >= 0.3 is 0 Å². The highest BCUT2D eigenvalue weighted by atomic mass is 35.5. The lowest BCUT2D eigenvalue weighted by Crippen LogP contribution is -2.29. The Balaban J connectivity index is 1.64. The third-order valence-corrected chi connectivity index (χ3v) is 5.11. The highest BCUT2D eigenvalue weighted by Gasteiger charge is 2.16. The number of hydrogen-bond acceptors (Lipinski definition) is 5. The Labute approximate surface area is 176 Å². The van der Waals surface area contributed by atoms with E-state index in [4.69, 9.17) is 21.1 Å². The molecule has 9 heteroatoms. The minimum Gasteiger partial charge on any atom is -0.495 e. The van der Waals surface area contributed by atoms with E-state index in [1.165, 1.54) is 20.3 Å². The monoisotopic (exact) mass is 426 g/mol. The van der Waals surface area contributed by atoms with Crippen molar-refractivity contribution in [1.82, 2.24) is 14.8 Å². The number of anilines is 1. The van der Waals surface area contributed by atoms with Gasteiger partial charge in [0.2, 0.25) is 5.91 Å². The minimum atomic E-state index is -0.449.